The Bertz CT molecular complexity index is 1070. The van der Waals surface area contributed by atoms with E-state index in [-0.39, 0.29) is 17.6 Å². The van der Waals surface area contributed by atoms with Gasteiger partial charge in [-0.1, -0.05) is 36.4 Å². The molecule has 0 saturated carbocycles. The standard InChI is InChI=1S/C23H21N3O3/c1-15-20-18(25-26-22(27)16-9-4-2-5-10-16)13-8-14-19(20)29-21(15)23(28)24-17-11-6-3-7-12-17/h2-7,9-12H,8,13-14H2,1H3,(H,24,28)(H,26,27)/b25-18+. The normalized spacial score (nSPS) is 14.3. The quantitative estimate of drug-likeness (QED) is 0.654. The zero-order valence-corrected chi connectivity index (χ0v) is 16.1. The van der Waals surface area contributed by atoms with Gasteiger partial charge in [0.15, 0.2) is 5.76 Å². The number of hydrogen-bond acceptors (Lipinski definition) is 4. The summed E-state index contributed by atoms with van der Waals surface area (Å²) in [7, 11) is 0. The summed E-state index contributed by atoms with van der Waals surface area (Å²) < 4.78 is 5.89. The molecule has 0 saturated heterocycles. The van der Waals surface area contributed by atoms with Crippen molar-refractivity contribution < 1.29 is 14.0 Å². The number of hydrogen-bond donors (Lipinski definition) is 2. The minimum atomic E-state index is -0.296. The first-order valence-corrected chi connectivity index (χ1v) is 9.54. The lowest BCUT2D eigenvalue weighted by Crippen LogP contribution is -2.22. The van der Waals surface area contributed by atoms with Gasteiger partial charge >= 0.3 is 0 Å². The van der Waals surface area contributed by atoms with E-state index in [0.717, 1.165) is 35.4 Å². The molecule has 0 unspecified atom stereocenters. The van der Waals surface area contributed by atoms with E-state index in [2.05, 4.69) is 15.8 Å². The lowest BCUT2D eigenvalue weighted by Gasteiger charge is -2.13. The summed E-state index contributed by atoms with van der Waals surface area (Å²) in [5.74, 6) is 0.451. The molecule has 0 radical (unpaired) electrons. The Balaban J connectivity index is 1.57. The highest BCUT2D eigenvalue weighted by atomic mass is 16.4. The number of hydrazone groups is 1. The number of furan rings is 1. The molecule has 2 amide bonds. The van der Waals surface area contributed by atoms with Crippen LogP contribution in [0.1, 0.15) is 50.6 Å². The minimum Gasteiger partial charge on any atom is -0.455 e. The average Bonchev–Trinajstić information content (AvgIpc) is 3.10. The van der Waals surface area contributed by atoms with Crippen molar-refractivity contribution in [2.45, 2.75) is 26.2 Å². The highest BCUT2D eigenvalue weighted by molar-refractivity contribution is 6.09. The van der Waals surface area contributed by atoms with Crippen LogP contribution in [-0.2, 0) is 6.42 Å². The number of carbonyl (C=O) groups excluding carboxylic acids is 2. The van der Waals surface area contributed by atoms with Gasteiger partial charge < -0.3 is 9.73 Å². The number of aryl methyl sites for hydroxylation is 1. The maximum Gasteiger partial charge on any atom is 0.291 e. The Morgan fingerprint density at radius 1 is 0.931 bits per heavy atom. The number of amides is 2. The Morgan fingerprint density at radius 3 is 2.34 bits per heavy atom. The van der Waals surface area contributed by atoms with Crippen LogP contribution >= 0.6 is 0 Å². The van der Waals surface area contributed by atoms with Crippen LogP contribution in [0.3, 0.4) is 0 Å². The smallest absolute Gasteiger partial charge is 0.291 e. The Labute approximate surface area is 168 Å². The molecule has 1 heterocycles. The highest BCUT2D eigenvalue weighted by Gasteiger charge is 2.28. The van der Waals surface area contributed by atoms with Crippen molar-refractivity contribution in [3.63, 3.8) is 0 Å². The van der Waals surface area contributed by atoms with Gasteiger partial charge in [-0.25, -0.2) is 5.43 Å². The second-order valence-electron chi connectivity index (χ2n) is 6.89. The van der Waals surface area contributed by atoms with Gasteiger partial charge in [0.2, 0.25) is 0 Å². The van der Waals surface area contributed by atoms with Crippen LogP contribution in [0.25, 0.3) is 0 Å². The highest BCUT2D eigenvalue weighted by Crippen LogP contribution is 2.30. The zero-order valence-electron chi connectivity index (χ0n) is 16.1. The molecule has 2 aromatic carbocycles. The van der Waals surface area contributed by atoms with E-state index >= 15 is 0 Å². The molecule has 146 valence electrons. The van der Waals surface area contributed by atoms with Crippen LogP contribution in [0.4, 0.5) is 5.69 Å². The van der Waals surface area contributed by atoms with Crippen molar-refractivity contribution >= 4 is 23.2 Å². The Hall–Kier alpha value is -3.67. The number of anilines is 1. The monoisotopic (exact) mass is 387 g/mol. The van der Waals surface area contributed by atoms with Gasteiger partial charge in [-0.15, -0.1) is 0 Å². The average molecular weight is 387 g/mol. The van der Waals surface area contributed by atoms with E-state index in [1.165, 1.54) is 0 Å². The third-order valence-electron chi connectivity index (χ3n) is 4.89. The number of rotatable bonds is 4. The van der Waals surface area contributed by atoms with Crippen LogP contribution in [-0.4, -0.2) is 17.5 Å². The summed E-state index contributed by atoms with van der Waals surface area (Å²) in [5.41, 5.74) is 6.16. The first-order valence-electron chi connectivity index (χ1n) is 9.54. The molecule has 1 aliphatic rings. The summed E-state index contributed by atoms with van der Waals surface area (Å²) in [6.45, 7) is 1.85. The van der Waals surface area contributed by atoms with Gasteiger partial charge in [0.05, 0.1) is 5.71 Å². The van der Waals surface area contributed by atoms with Crippen molar-refractivity contribution in [1.29, 1.82) is 0 Å². The fraction of sp³-hybridized carbons (Fsp3) is 0.174. The molecule has 6 nitrogen and oxygen atoms in total. The Morgan fingerprint density at radius 2 is 1.62 bits per heavy atom. The molecular weight excluding hydrogens is 366 g/mol. The molecule has 0 fully saturated rings. The van der Waals surface area contributed by atoms with Crippen LogP contribution in [0, 0.1) is 6.92 Å². The fourth-order valence-electron chi connectivity index (χ4n) is 3.48. The van der Waals surface area contributed by atoms with Gasteiger partial charge in [0.1, 0.15) is 5.76 Å². The van der Waals surface area contributed by atoms with Crippen molar-refractivity contribution in [1.82, 2.24) is 5.43 Å². The van der Waals surface area contributed by atoms with Crippen LogP contribution in [0.15, 0.2) is 70.2 Å². The number of benzene rings is 2. The van der Waals surface area contributed by atoms with Crippen molar-refractivity contribution in [2.24, 2.45) is 5.10 Å². The van der Waals surface area contributed by atoms with E-state index in [4.69, 9.17) is 4.42 Å². The van der Waals surface area contributed by atoms with E-state index in [1.807, 2.05) is 43.3 Å². The van der Waals surface area contributed by atoms with E-state index in [1.54, 1.807) is 24.3 Å². The molecule has 0 aliphatic heterocycles. The number of carbonyl (C=O) groups is 2. The number of para-hydroxylation sites is 1. The predicted octanol–water partition coefficient (Wildman–Crippen LogP) is 4.31. The molecule has 2 N–H and O–H groups in total. The molecule has 4 rings (SSSR count). The number of nitrogens with zero attached hydrogens (tertiary/aromatic N) is 1. The summed E-state index contributed by atoms with van der Waals surface area (Å²) in [6, 6.07) is 18.2. The SMILES string of the molecule is Cc1c(C(=O)Nc2ccccc2)oc2c1/C(=N/NC(=O)c1ccccc1)CCC2. The minimum absolute atomic E-state index is 0.270. The van der Waals surface area contributed by atoms with Crippen molar-refractivity contribution in [3.05, 3.63) is 88.9 Å². The second-order valence-corrected chi connectivity index (χ2v) is 6.89. The lowest BCUT2D eigenvalue weighted by atomic mass is 9.93. The zero-order chi connectivity index (χ0) is 20.2. The largest absolute Gasteiger partial charge is 0.455 e. The fourth-order valence-corrected chi connectivity index (χ4v) is 3.48. The van der Waals surface area contributed by atoms with Crippen molar-refractivity contribution in [2.75, 3.05) is 5.32 Å². The van der Waals surface area contributed by atoms with Gasteiger partial charge in [0, 0.05) is 28.8 Å². The lowest BCUT2D eigenvalue weighted by molar-refractivity contribution is 0.0953. The summed E-state index contributed by atoms with van der Waals surface area (Å²) >= 11 is 0. The van der Waals surface area contributed by atoms with Crippen LogP contribution < -0.4 is 10.7 Å². The van der Waals surface area contributed by atoms with E-state index < -0.39 is 0 Å². The van der Waals surface area contributed by atoms with Crippen LogP contribution in [0.5, 0.6) is 0 Å². The maximum atomic E-state index is 12.7. The summed E-state index contributed by atoms with van der Waals surface area (Å²) in [4.78, 5) is 25.0. The second kappa shape index (κ2) is 8.14. The van der Waals surface area contributed by atoms with Gasteiger partial charge in [-0.2, -0.15) is 5.10 Å². The topological polar surface area (TPSA) is 83.7 Å². The molecule has 6 heteroatoms. The Kier molecular flexibility index (Phi) is 5.24. The van der Waals surface area contributed by atoms with Gasteiger partial charge in [0.25, 0.3) is 11.8 Å². The molecule has 3 aromatic rings. The molecule has 29 heavy (non-hydrogen) atoms. The molecule has 0 spiro atoms. The first kappa shape index (κ1) is 18.7. The maximum absolute atomic E-state index is 12.7. The van der Waals surface area contributed by atoms with E-state index in [9.17, 15) is 9.59 Å². The molecule has 1 aliphatic carbocycles. The molecular formula is C23H21N3O3. The molecule has 0 atom stereocenters. The van der Waals surface area contributed by atoms with Crippen LogP contribution in [0.2, 0.25) is 0 Å². The van der Waals surface area contributed by atoms with E-state index in [0.29, 0.717) is 17.7 Å². The number of fused-ring (bicyclic) bond motifs is 1. The first-order chi connectivity index (χ1) is 14.1. The summed E-state index contributed by atoms with van der Waals surface area (Å²) in [6.07, 6.45) is 2.29. The number of nitrogens with one attached hydrogen (secondary N) is 2. The third-order valence-corrected chi connectivity index (χ3v) is 4.89. The molecule has 1 aromatic heterocycles. The van der Waals surface area contributed by atoms with Gasteiger partial charge in [-0.05, 0) is 44.0 Å². The third kappa shape index (κ3) is 3.96. The van der Waals surface area contributed by atoms with Gasteiger partial charge in [-0.3, -0.25) is 9.59 Å². The van der Waals surface area contributed by atoms with Crippen molar-refractivity contribution in [3.8, 4) is 0 Å². The molecule has 0 bridgehead atoms. The summed E-state index contributed by atoms with van der Waals surface area (Å²) in [5, 5.41) is 7.20. The predicted molar refractivity (Wildman–Crippen MR) is 111 cm³/mol.